The van der Waals surface area contributed by atoms with E-state index in [0.29, 0.717) is 37.2 Å². The number of methoxy groups -OCH3 is 1. The number of hydrogen-bond donors (Lipinski definition) is 0. The van der Waals surface area contributed by atoms with Gasteiger partial charge in [0.1, 0.15) is 0 Å². The van der Waals surface area contributed by atoms with E-state index in [2.05, 4.69) is 0 Å². The Morgan fingerprint density at radius 3 is 2.37 bits per heavy atom. The molecule has 1 aliphatic rings. The zero-order chi connectivity index (χ0) is 21.1. The highest BCUT2D eigenvalue weighted by molar-refractivity contribution is 5.96. The minimum absolute atomic E-state index is 0.0317. The normalized spacial score (nSPS) is 12.9. The molecule has 0 saturated carbocycles. The molecule has 3 aromatic rings. The summed E-state index contributed by atoms with van der Waals surface area (Å²) in [5.41, 5.74) is 3.92. The number of carbonyl (C=O) groups is 2. The van der Waals surface area contributed by atoms with E-state index in [1.54, 1.807) is 39.8 Å². The molecule has 152 valence electrons. The molecule has 1 aromatic heterocycles. The van der Waals surface area contributed by atoms with Crippen molar-refractivity contribution in [2.24, 2.45) is 0 Å². The number of fused-ring (bicyclic) bond motifs is 1. The van der Waals surface area contributed by atoms with E-state index in [0.717, 1.165) is 16.7 Å². The first-order valence-corrected chi connectivity index (χ1v) is 9.79. The predicted molar refractivity (Wildman–Crippen MR) is 112 cm³/mol. The molecule has 1 aliphatic heterocycles. The molecule has 0 saturated heterocycles. The first-order chi connectivity index (χ1) is 14.5. The fourth-order valence-electron chi connectivity index (χ4n) is 3.70. The summed E-state index contributed by atoms with van der Waals surface area (Å²) in [7, 11) is 1.32. The topological polar surface area (TPSA) is 68.6 Å². The van der Waals surface area contributed by atoms with Crippen LogP contribution in [0.3, 0.4) is 0 Å². The summed E-state index contributed by atoms with van der Waals surface area (Å²) in [6.07, 6.45) is 2.51. The molecule has 6 heteroatoms. The number of pyridine rings is 1. The van der Waals surface area contributed by atoms with Gasteiger partial charge in [-0.1, -0.05) is 30.3 Å². The number of benzene rings is 2. The molecule has 0 N–H and O–H groups in total. The summed E-state index contributed by atoms with van der Waals surface area (Å²) < 4.78 is 6.38. The Balaban J connectivity index is 1.53. The molecule has 0 fully saturated rings. The van der Waals surface area contributed by atoms with Crippen molar-refractivity contribution in [3.63, 3.8) is 0 Å². The molecular formula is C24H22N2O4. The second-order valence-corrected chi connectivity index (χ2v) is 7.32. The van der Waals surface area contributed by atoms with Crippen LogP contribution in [0, 0.1) is 0 Å². The first-order valence-electron chi connectivity index (χ1n) is 9.79. The van der Waals surface area contributed by atoms with E-state index in [9.17, 15) is 14.4 Å². The smallest absolute Gasteiger partial charge is 0.337 e. The largest absolute Gasteiger partial charge is 0.465 e. The third-order valence-electron chi connectivity index (χ3n) is 5.35. The second kappa shape index (κ2) is 8.37. The van der Waals surface area contributed by atoms with Gasteiger partial charge in [-0.25, -0.2) is 4.79 Å². The molecule has 0 radical (unpaired) electrons. The summed E-state index contributed by atoms with van der Waals surface area (Å²) in [6, 6.07) is 18.0. The summed E-state index contributed by atoms with van der Waals surface area (Å²) in [5.74, 6) is -0.532. The van der Waals surface area contributed by atoms with E-state index in [-0.39, 0.29) is 11.5 Å². The Labute approximate surface area is 174 Å². The maximum absolute atomic E-state index is 12.9. The van der Waals surface area contributed by atoms with Crippen LogP contribution < -0.4 is 5.56 Å². The van der Waals surface area contributed by atoms with Gasteiger partial charge in [-0.15, -0.1) is 0 Å². The summed E-state index contributed by atoms with van der Waals surface area (Å²) >= 11 is 0. The Bertz CT molecular complexity index is 1130. The Kier molecular flexibility index (Phi) is 5.48. The van der Waals surface area contributed by atoms with Crippen molar-refractivity contribution in [3.05, 3.63) is 105 Å². The Hall–Kier alpha value is -3.67. The number of nitrogens with zero attached hydrogens (tertiary/aromatic N) is 2. The van der Waals surface area contributed by atoms with Crippen LogP contribution in [-0.2, 0) is 24.2 Å². The highest BCUT2D eigenvalue weighted by atomic mass is 16.5. The van der Waals surface area contributed by atoms with E-state index in [1.807, 2.05) is 36.5 Å². The van der Waals surface area contributed by atoms with Gasteiger partial charge in [-0.3, -0.25) is 9.59 Å². The van der Waals surface area contributed by atoms with E-state index in [1.165, 1.54) is 7.11 Å². The number of hydrogen-bond acceptors (Lipinski definition) is 4. The number of rotatable bonds is 4. The lowest BCUT2D eigenvalue weighted by Crippen LogP contribution is -2.37. The van der Waals surface area contributed by atoms with Gasteiger partial charge in [-0.2, -0.15) is 0 Å². The van der Waals surface area contributed by atoms with Gasteiger partial charge in [0.05, 0.1) is 19.2 Å². The summed E-state index contributed by atoms with van der Waals surface area (Å²) in [5, 5.41) is 0. The third kappa shape index (κ3) is 4.03. The standard InChI is InChI=1S/C24H22N2O4/c1-30-24(29)19-9-7-18(8-10-19)23(28)25-12-11-20-13-22(27)26(16-21(20)15-25)14-17-5-3-2-4-6-17/h2-10,13,16H,11-12,14-15H2,1H3. The van der Waals surface area contributed by atoms with E-state index < -0.39 is 5.97 Å². The molecule has 4 rings (SSSR count). The van der Waals surface area contributed by atoms with Crippen LogP contribution in [0.5, 0.6) is 0 Å². The molecule has 0 bridgehead atoms. The van der Waals surface area contributed by atoms with Crippen LogP contribution in [-0.4, -0.2) is 35.0 Å². The zero-order valence-electron chi connectivity index (χ0n) is 16.7. The summed E-state index contributed by atoms with van der Waals surface area (Å²) in [4.78, 5) is 38.8. The minimum atomic E-state index is -0.433. The van der Waals surface area contributed by atoms with Gasteiger partial charge >= 0.3 is 5.97 Å². The zero-order valence-corrected chi connectivity index (χ0v) is 16.7. The number of amides is 1. The van der Waals surface area contributed by atoms with E-state index >= 15 is 0 Å². The van der Waals surface area contributed by atoms with Crippen molar-refractivity contribution < 1.29 is 14.3 Å². The van der Waals surface area contributed by atoms with Gasteiger partial charge in [-0.05, 0) is 47.4 Å². The third-order valence-corrected chi connectivity index (χ3v) is 5.35. The molecule has 0 aliphatic carbocycles. The van der Waals surface area contributed by atoms with Gasteiger partial charge in [0.25, 0.3) is 11.5 Å². The second-order valence-electron chi connectivity index (χ2n) is 7.32. The fourth-order valence-corrected chi connectivity index (χ4v) is 3.70. The van der Waals surface area contributed by atoms with Gasteiger partial charge < -0.3 is 14.2 Å². The monoisotopic (exact) mass is 402 g/mol. The molecule has 2 heterocycles. The predicted octanol–water partition coefficient (Wildman–Crippen LogP) is 2.88. The van der Waals surface area contributed by atoms with Crippen molar-refractivity contribution in [3.8, 4) is 0 Å². The summed E-state index contributed by atoms with van der Waals surface area (Å²) in [6.45, 7) is 1.49. The van der Waals surface area contributed by atoms with Gasteiger partial charge in [0, 0.05) is 30.9 Å². The lowest BCUT2D eigenvalue weighted by molar-refractivity contribution is 0.0599. The maximum Gasteiger partial charge on any atom is 0.337 e. The number of ether oxygens (including phenoxy) is 1. The average Bonchev–Trinajstić information content (AvgIpc) is 2.79. The highest BCUT2D eigenvalue weighted by Gasteiger charge is 2.23. The Morgan fingerprint density at radius 2 is 1.67 bits per heavy atom. The van der Waals surface area contributed by atoms with Crippen molar-refractivity contribution in [2.75, 3.05) is 13.7 Å². The SMILES string of the molecule is COC(=O)c1ccc(C(=O)N2CCc3cc(=O)n(Cc4ccccc4)cc3C2)cc1. The van der Waals surface area contributed by atoms with Crippen molar-refractivity contribution in [2.45, 2.75) is 19.5 Å². The number of carbonyl (C=O) groups excluding carboxylic acids is 2. The fraction of sp³-hybridized carbons (Fsp3) is 0.208. The molecule has 0 spiro atoms. The molecule has 6 nitrogen and oxygen atoms in total. The molecule has 0 atom stereocenters. The van der Waals surface area contributed by atoms with Crippen LogP contribution in [0.25, 0.3) is 0 Å². The molecule has 2 aromatic carbocycles. The number of esters is 1. The lowest BCUT2D eigenvalue weighted by atomic mass is 10.0. The molecule has 30 heavy (non-hydrogen) atoms. The molecular weight excluding hydrogens is 380 g/mol. The molecule has 0 unspecified atom stereocenters. The van der Waals surface area contributed by atoms with Crippen LogP contribution in [0.2, 0.25) is 0 Å². The first kappa shape index (κ1) is 19.6. The molecule has 1 amide bonds. The van der Waals surface area contributed by atoms with Gasteiger partial charge in [0.15, 0.2) is 0 Å². The quantitative estimate of drug-likeness (QED) is 0.630. The van der Waals surface area contributed by atoms with Crippen LogP contribution >= 0.6 is 0 Å². The van der Waals surface area contributed by atoms with Crippen LogP contribution in [0.15, 0.2) is 71.7 Å². The van der Waals surface area contributed by atoms with E-state index in [4.69, 9.17) is 4.74 Å². The average molecular weight is 402 g/mol. The van der Waals surface area contributed by atoms with Crippen molar-refractivity contribution in [1.82, 2.24) is 9.47 Å². The lowest BCUT2D eigenvalue weighted by Gasteiger charge is -2.29. The minimum Gasteiger partial charge on any atom is -0.465 e. The maximum atomic E-state index is 12.9. The van der Waals surface area contributed by atoms with Crippen molar-refractivity contribution >= 4 is 11.9 Å². The number of aromatic nitrogens is 1. The van der Waals surface area contributed by atoms with Crippen LogP contribution in [0.4, 0.5) is 0 Å². The van der Waals surface area contributed by atoms with Crippen LogP contribution in [0.1, 0.15) is 37.4 Å². The van der Waals surface area contributed by atoms with Crippen molar-refractivity contribution in [1.29, 1.82) is 0 Å². The highest BCUT2D eigenvalue weighted by Crippen LogP contribution is 2.20. The van der Waals surface area contributed by atoms with Gasteiger partial charge in [0.2, 0.25) is 0 Å². The Morgan fingerprint density at radius 1 is 0.967 bits per heavy atom.